The van der Waals surface area contributed by atoms with E-state index in [2.05, 4.69) is 10.1 Å². The van der Waals surface area contributed by atoms with Gasteiger partial charge in [-0.3, -0.25) is 10.2 Å². The maximum Gasteiger partial charge on any atom is 0.339 e. The summed E-state index contributed by atoms with van der Waals surface area (Å²) in [5.41, 5.74) is 2.52. The van der Waals surface area contributed by atoms with E-state index in [4.69, 9.17) is 14.3 Å². The fourth-order valence-corrected chi connectivity index (χ4v) is 6.49. The number of nitrogens with one attached hydrogen (secondary N) is 1. The number of amides is 1. The quantitative estimate of drug-likeness (QED) is 0.202. The van der Waals surface area contributed by atoms with Gasteiger partial charge in [-0.2, -0.15) is 23.5 Å². The van der Waals surface area contributed by atoms with Crippen molar-refractivity contribution in [3.8, 4) is 11.5 Å². The molecule has 0 aromatic heterocycles. The second-order valence-electron chi connectivity index (χ2n) is 8.40. The molecule has 0 radical (unpaired) electrons. The first-order chi connectivity index (χ1) is 18.7. The van der Waals surface area contributed by atoms with Crippen molar-refractivity contribution in [3.05, 3.63) is 92.6 Å². The van der Waals surface area contributed by atoms with Crippen molar-refractivity contribution in [3.63, 3.8) is 0 Å². The number of aliphatic imine (C=N–C) groups is 1. The highest BCUT2D eigenvalue weighted by Gasteiger charge is 2.36. The second-order valence-corrected chi connectivity index (χ2v) is 12.1. The van der Waals surface area contributed by atoms with Crippen molar-refractivity contribution in [2.75, 3.05) is 6.61 Å². The van der Waals surface area contributed by atoms with E-state index in [0.29, 0.717) is 19.3 Å². The molecule has 0 bridgehead atoms. The Kier molecular flexibility index (Phi) is 7.60. The summed E-state index contributed by atoms with van der Waals surface area (Å²) < 4.78 is 37.3. The maximum absolute atomic E-state index is 12.9. The standard InChI is InChI=1S/C27H21IN4O5S2/c1-3-36-22-15-17(14-21(28)23(22)37-39(34,35)19-7-5-4-6-8-19)13-20-24(29)32-27(30-25(20)33)38-26(31-32)18-11-9-16(2)10-12-18/h4-15,29H,3H2,1-2H3/b20-13-,29-24?. The molecule has 0 spiro atoms. The Morgan fingerprint density at radius 2 is 1.82 bits per heavy atom. The van der Waals surface area contributed by atoms with Gasteiger partial charge in [0, 0.05) is 5.56 Å². The first-order valence-electron chi connectivity index (χ1n) is 11.7. The number of carbonyl (C=O) groups excluding carboxylic acids is 1. The molecule has 1 N–H and O–H groups in total. The number of benzene rings is 3. The van der Waals surface area contributed by atoms with Crippen molar-refractivity contribution < 1.29 is 22.1 Å². The average molecular weight is 673 g/mol. The number of nitrogens with zero attached hydrogens (tertiary/aromatic N) is 3. The van der Waals surface area contributed by atoms with Gasteiger partial charge in [-0.1, -0.05) is 48.0 Å². The van der Waals surface area contributed by atoms with Crippen LogP contribution >= 0.6 is 34.4 Å². The number of ether oxygens (including phenoxy) is 1. The van der Waals surface area contributed by atoms with Crippen LogP contribution in [0.15, 0.2) is 87.3 Å². The lowest BCUT2D eigenvalue weighted by Gasteiger charge is -2.20. The Morgan fingerprint density at radius 3 is 2.51 bits per heavy atom. The normalized spacial score (nSPS) is 16.2. The lowest BCUT2D eigenvalue weighted by atomic mass is 10.1. The summed E-state index contributed by atoms with van der Waals surface area (Å²) in [5.74, 6) is -0.457. The molecule has 39 heavy (non-hydrogen) atoms. The summed E-state index contributed by atoms with van der Waals surface area (Å²) in [6.45, 7) is 4.01. The zero-order valence-corrected chi connectivity index (χ0v) is 24.5. The molecular weight excluding hydrogens is 651 g/mol. The van der Waals surface area contributed by atoms with Crippen LogP contribution in [0.1, 0.15) is 23.6 Å². The number of carbonyl (C=O) groups is 1. The maximum atomic E-state index is 12.9. The summed E-state index contributed by atoms with van der Waals surface area (Å²) in [6.07, 6.45) is 1.51. The zero-order chi connectivity index (χ0) is 27.7. The highest BCUT2D eigenvalue weighted by Crippen LogP contribution is 2.38. The van der Waals surface area contributed by atoms with Gasteiger partial charge in [-0.15, -0.1) is 0 Å². The van der Waals surface area contributed by atoms with Crippen LogP contribution in [-0.4, -0.2) is 42.0 Å². The third-order valence-corrected chi connectivity index (χ3v) is 8.62. The molecule has 12 heteroatoms. The lowest BCUT2D eigenvalue weighted by Crippen LogP contribution is -2.35. The number of rotatable bonds is 7. The van der Waals surface area contributed by atoms with Gasteiger partial charge in [0.2, 0.25) is 5.17 Å². The van der Waals surface area contributed by atoms with Crippen molar-refractivity contribution in [2.45, 2.75) is 18.7 Å². The summed E-state index contributed by atoms with van der Waals surface area (Å²) >= 11 is 3.18. The molecule has 0 atom stereocenters. The molecular formula is C27H21IN4O5S2. The fraction of sp³-hybridized carbons (Fsp3) is 0.111. The number of hydrazone groups is 1. The van der Waals surface area contributed by atoms with E-state index in [0.717, 1.165) is 11.1 Å². The molecule has 2 aliphatic rings. The number of thioether (sulfide) groups is 1. The first-order valence-corrected chi connectivity index (χ1v) is 15.0. The van der Waals surface area contributed by atoms with Crippen LogP contribution in [0.2, 0.25) is 0 Å². The van der Waals surface area contributed by atoms with Crippen molar-refractivity contribution in [2.24, 2.45) is 10.1 Å². The second kappa shape index (κ2) is 10.9. The molecule has 0 saturated carbocycles. The Hall–Kier alpha value is -3.49. The topological polar surface area (TPSA) is 121 Å². The van der Waals surface area contributed by atoms with Crippen LogP contribution in [0.3, 0.4) is 0 Å². The van der Waals surface area contributed by atoms with E-state index in [1.807, 2.05) is 53.8 Å². The van der Waals surface area contributed by atoms with Gasteiger partial charge >= 0.3 is 10.1 Å². The van der Waals surface area contributed by atoms with Crippen molar-refractivity contribution in [1.82, 2.24) is 5.01 Å². The molecule has 3 aromatic carbocycles. The molecule has 1 amide bonds. The minimum Gasteiger partial charge on any atom is -0.490 e. The lowest BCUT2D eigenvalue weighted by molar-refractivity contribution is -0.114. The molecule has 2 heterocycles. The van der Waals surface area contributed by atoms with Gasteiger partial charge in [0.05, 0.1) is 15.8 Å². The number of aryl methyl sites for hydroxylation is 1. The van der Waals surface area contributed by atoms with Gasteiger partial charge in [0.15, 0.2) is 17.3 Å². The molecule has 198 valence electrons. The summed E-state index contributed by atoms with van der Waals surface area (Å²) in [4.78, 5) is 17.1. The average Bonchev–Trinajstić information content (AvgIpc) is 3.34. The van der Waals surface area contributed by atoms with Crippen LogP contribution in [0.5, 0.6) is 11.5 Å². The SMILES string of the molecule is CCOc1cc(/C=C2/C(=N)N3N=C(c4ccc(C)cc4)SC3=NC2=O)cc(I)c1OS(=O)(=O)c1ccccc1. The van der Waals surface area contributed by atoms with E-state index < -0.39 is 16.0 Å². The van der Waals surface area contributed by atoms with E-state index in [1.165, 1.54) is 35.0 Å². The monoisotopic (exact) mass is 672 g/mol. The molecule has 9 nitrogen and oxygen atoms in total. The minimum absolute atomic E-state index is 0.0124. The molecule has 3 aromatic rings. The molecule has 0 saturated heterocycles. The number of amidine groups is 2. The Balaban J connectivity index is 1.47. The van der Waals surface area contributed by atoms with Crippen molar-refractivity contribution in [1.29, 1.82) is 5.41 Å². The summed E-state index contributed by atoms with van der Waals surface area (Å²) in [7, 11) is -4.10. The van der Waals surface area contributed by atoms with Crippen LogP contribution in [0.25, 0.3) is 6.08 Å². The molecule has 0 aliphatic carbocycles. The van der Waals surface area contributed by atoms with Crippen LogP contribution in [0, 0.1) is 15.9 Å². The minimum atomic E-state index is -4.10. The van der Waals surface area contributed by atoms with Crippen LogP contribution < -0.4 is 8.92 Å². The third-order valence-electron chi connectivity index (χ3n) is 5.62. The summed E-state index contributed by atoms with van der Waals surface area (Å²) in [6, 6.07) is 18.8. The third kappa shape index (κ3) is 5.63. The predicted octanol–water partition coefficient (Wildman–Crippen LogP) is 5.43. The van der Waals surface area contributed by atoms with Crippen LogP contribution in [-0.2, 0) is 14.9 Å². The predicted molar refractivity (Wildman–Crippen MR) is 160 cm³/mol. The van der Waals surface area contributed by atoms with Gasteiger partial charge in [-0.05, 0) is 84.1 Å². The van der Waals surface area contributed by atoms with E-state index >= 15 is 0 Å². The Labute approximate surface area is 243 Å². The van der Waals surface area contributed by atoms with Gasteiger partial charge in [0.1, 0.15) is 9.94 Å². The number of hydrogen-bond acceptors (Lipinski definition) is 8. The van der Waals surface area contributed by atoms with Crippen molar-refractivity contribution >= 4 is 72.5 Å². The Morgan fingerprint density at radius 1 is 1.10 bits per heavy atom. The molecule has 0 fully saturated rings. The summed E-state index contributed by atoms with van der Waals surface area (Å²) in [5, 5.41) is 15.5. The highest BCUT2D eigenvalue weighted by molar-refractivity contribution is 14.1. The fourth-order valence-electron chi connectivity index (χ4n) is 3.73. The van der Waals surface area contributed by atoms with E-state index in [-0.39, 0.29) is 34.4 Å². The van der Waals surface area contributed by atoms with Crippen LogP contribution in [0.4, 0.5) is 0 Å². The zero-order valence-electron chi connectivity index (χ0n) is 20.7. The van der Waals surface area contributed by atoms with Gasteiger partial charge in [0.25, 0.3) is 5.91 Å². The molecule has 2 aliphatic heterocycles. The Bertz CT molecular complexity index is 1690. The number of fused-ring (bicyclic) bond motifs is 1. The highest BCUT2D eigenvalue weighted by atomic mass is 127. The first kappa shape index (κ1) is 27.1. The van der Waals surface area contributed by atoms with Gasteiger partial charge in [-0.25, -0.2) is 0 Å². The molecule has 0 unspecified atom stereocenters. The largest absolute Gasteiger partial charge is 0.490 e. The smallest absolute Gasteiger partial charge is 0.339 e. The van der Waals surface area contributed by atoms with Gasteiger partial charge < -0.3 is 8.92 Å². The van der Waals surface area contributed by atoms with E-state index in [1.54, 1.807) is 37.3 Å². The number of halogens is 1. The number of hydrogen-bond donors (Lipinski definition) is 1. The molecule has 5 rings (SSSR count). The van der Waals surface area contributed by atoms with E-state index in [9.17, 15) is 13.2 Å².